The largest absolute Gasteiger partial charge is 0.341 e. The van der Waals surface area contributed by atoms with Crippen LogP contribution in [0.5, 0.6) is 0 Å². The normalized spacial score (nSPS) is 12.0. The number of nitrogens with zero attached hydrogens (tertiary/aromatic N) is 5. The number of carbonyl (C=O) groups is 1. The van der Waals surface area contributed by atoms with E-state index in [2.05, 4.69) is 20.6 Å². The summed E-state index contributed by atoms with van der Waals surface area (Å²) in [6, 6.07) is 4.48. The highest BCUT2D eigenvalue weighted by atomic mass is 16.6. The van der Waals surface area contributed by atoms with E-state index >= 15 is 0 Å². The molecule has 9 nitrogen and oxygen atoms in total. The van der Waals surface area contributed by atoms with Crippen LogP contribution in [0.4, 0.5) is 5.69 Å². The van der Waals surface area contributed by atoms with Gasteiger partial charge in [-0.2, -0.15) is 5.21 Å². The third-order valence-corrected chi connectivity index (χ3v) is 3.28. The van der Waals surface area contributed by atoms with Crippen molar-refractivity contribution in [3.63, 3.8) is 0 Å². The summed E-state index contributed by atoms with van der Waals surface area (Å²) in [4.78, 5) is 24.4. The number of benzene rings is 1. The van der Waals surface area contributed by atoms with Gasteiger partial charge in [0.1, 0.15) is 5.56 Å². The van der Waals surface area contributed by atoms with Gasteiger partial charge in [0.05, 0.1) is 4.92 Å². The van der Waals surface area contributed by atoms with Crippen molar-refractivity contribution >= 4 is 11.6 Å². The number of carbonyl (C=O) groups excluding carboxylic acids is 1. The Morgan fingerprint density at radius 1 is 1.50 bits per heavy atom. The number of aromatic nitrogens is 4. The number of H-pyrrole nitrogens is 1. The Hall–Kier alpha value is -2.84. The Balaban J connectivity index is 2.20. The molecule has 0 unspecified atom stereocenters. The van der Waals surface area contributed by atoms with Crippen molar-refractivity contribution < 1.29 is 9.72 Å². The molecule has 2 aromatic rings. The molecule has 0 fully saturated rings. The van der Waals surface area contributed by atoms with E-state index in [-0.39, 0.29) is 17.2 Å². The number of aryl methyl sites for hydroxylation is 1. The summed E-state index contributed by atoms with van der Waals surface area (Å²) in [5, 5.41) is 24.6. The van der Waals surface area contributed by atoms with E-state index in [1.165, 1.54) is 17.0 Å². The zero-order chi connectivity index (χ0) is 16.3. The van der Waals surface area contributed by atoms with Crippen LogP contribution in [0.2, 0.25) is 0 Å². The van der Waals surface area contributed by atoms with Crippen LogP contribution in [0, 0.1) is 17.0 Å². The molecule has 9 heteroatoms. The highest BCUT2D eigenvalue weighted by molar-refractivity contribution is 5.98. The maximum atomic E-state index is 12.5. The number of amides is 1. The molecule has 0 saturated carbocycles. The predicted octanol–water partition coefficient (Wildman–Crippen LogP) is 1.29. The lowest BCUT2D eigenvalue weighted by Crippen LogP contribution is -2.31. The number of likely N-dealkylation sites (N-methyl/N-ethyl adjacent to an activating group) is 1. The molecular weight excluding hydrogens is 288 g/mol. The van der Waals surface area contributed by atoms with E-state index in [0.29, 0.717) is 12.4 Å². The molecule has 0 bridgehead atoms. The number of nitro groups is 1. The summed E-state index contributed by atoms with van der Waals surface area (Å²) in [5.74, 6) is -0.0688. The van der Waals surface area contributed by atoms with Crippen LogP contribution in [0.1, 0.15) is 34.6 Å². The minimum absolute atomic E-state index is 0.0767. The second-order valence-corrected chi connectivity index (χ2v) is 5.13. The fourth-order valence-corrected chi connectivity index (χ4v) is 2.14. The van der Waals surface area contributed by atoms with Crippen LogP contribution in [0.15, 0.2) is 18.2 Å². The molecule has 1 atom stereocenters. The van der Waals surface area contributed by atoms with Crippen molar-refractivity contribution in [2.24, 2.45) is 0 Å². The van der Waals surface area contributed by atoms with Gasteiger partial charge < -0.3 is 4.90 Å². The first-order valence-electron chi connectivity index (χ1n) is 6.64. The summed E-state index contributed by atoms with van der Waals surface area (Å²) < 4.78 is 0. The monoisotopic (exact) mass is 304 g/mol. The standard InChI is InChI=1S/C13H16N6O3/c1-8-4-5-11(19(21)22)10(6-8)13(20)18(3)7-9(2)12-14-16-17-15-12/h4-6,9H,7H2,1-3H3,(H,14,15,16,17)/t9-/m1/s1. The van der Waals surface area contributed by atoms with E-state index in [1.807, 2.05) is 6.92 Å². The van der Waals surface area contributed by atoms with Crippen molar-refractivity contribution in [3.05, 3.63) is 45.3 Å². The molecule has 0 saturated heterocycles. The SMILES string of the molecule is Cc1ccc([N+](=O)[O-])c(C(=O)N(C)C[C@@H](C)c2nn[nH]n2)c1. The van der Waals surface area contributed by atoms with Crippen LogP contribution in [-0.4, -0.2) is 49.9 Å². The molecule has 0 radical (unpaired) electrons. The van der Waals surface area contributed by atoms with Gasteiger partial charge in [0.15, 0.2) is 5.82 Å². The molecule has 0 spiro atoms. The van der Waals surface area contributed by atoms with Gasteiger partial charge in [-0.3, -0.25) is 14.9 Å². The highest BCUT2D eigenvalue weighted by Crippen LogP contribution is 2.22. The first-order chi connectivity index (χ1) is 10.4. The summed E-state index contributed by atoms with van der Waals surface area (Å²) in [6.45, 7) is 3.95. The van der Waals surface area contributed by atoms with E-state index in [0.717, 1.165) is 5.56 Å². The summed E-state index contributed by atoms with van der Waals surface area (Å²) in [7, 11) is 1.59. The third-order valence-electron chi connectivity index (χ3n) is 3.28. The zero-order valence-electron chi connectivity index (χ0n) is 12.5. The number of tetrazole rings is 1. The van der Waals surface area contributed by atoms with Crippen molar-refractivity contribution in [2.75, 3.05) is 13.6 Å². The molecule has 0 aliphatic rings. The van der Waals surface area contributed by atoms with E-state index < -0.39 is 10.8 Å². The smallest absolute Gasteiger partial charge is 0.282 e. The average Bonchev–Trinajstić information content (AvgIpc) is 3.00. The van der Waals surface area contributed by atoms with Gasteiger partial charge in [0, 0.05) is 25.6 Å². The molecule has 2 rings (SSSR count). The second kappa shape index (κ2) is 6.29. The summed E-state index contributed by atoms with van der Waals surface area (Å²) in [6.07, 6.45) is 0. The van der Waals surface area contributed by atoms with Crippen molar-refractivity contribution in [3.8, 4) is 0 Å². The van der Waals surface area contributed by atoms with Gasteiger partial charge in [-0.05, 0) is 18.6 Å². The molecule has 1 heterocycles. The minimum Gasteiger partial charge on any atom is -0.341 e. The van der Waals surface area contributed by atoms with Gasteiger partial charge in [0.25, 0.3) is 11.6 Å². The molecule has 1 aromatic carbocycles. The van der Waals surface area contributed by atoms with Gasteiger partial charge in [-0.25, -0.2) is 0 Å². The van der Waals surface area contributed by atoms with Crippen molar-refractivity contribution in [2.45, 2.75) is 19.8 Å². The Bertz CT molecular complexity index is 685. The van der Waals surface area contributed by atoms with Crippen LogP contribution in [0.25, 0.3) is 0 Å². The highest BCUT2D eigenvalue weighted by Gasteiger charge is 2.24. The van der Waals surface area contributed by atoms with Crippen LogP contribution in [0.3, 0.4) is 0 Å². The number of hydrogen-bond donors (Lipinski definition) is 1. The molecule has 1 amide bonds. The second-order valence-electron chi connectivity index (χ2n) is 5.13. The Kier molecular flexibility index (Phi) is 4.44. The fraction of sp³-hybridized carbons (Fsp3) is 0.385. The maximum Gasteiger partial charge on any atom is 0.282 e. The lowest BCUT2D eigenvalue weighted by Gasteiger charge is -2.20. The Morgan fingerprint density at radius 2 is 2.23 bits per heavy atom. The zero-order valence-corrected chi connectivity index (χ0v) is 12.5. The van der Waals surface area contributed by atoms with Crippen LogP contribution < -0.4 is 0 Å². The van der Waals surface area contributed by atoms with E-state index in [9.17, 15) is 14.9 Å². The maximum absolute atomic E-state index is 12.5. The number of rotatable bonds is 5. The lowest BCUT2D eigenvalue weighted by atomic mass is 10.1. The number of nitrogens with one attached hydrogen (secondary N) is 1. The first kappa shape index (κ1) is 15.5. The number of aromatic amines is 1. The van der Waals surface area contributed by atoms with Crippen molar-refractivity contribution in [1.29, 1.82) is 0 Å². The van der Waals surface area contributed by atoms with Crippen molar-refractivity contribution in [1.82, 2.24) is 25.5 Å². The lowest BCUT2D eigenvalue weighted by molar-refractivity contribution is -0.385. The molecular formula is C13H16N6O3. The minimum atomic E-state index is -0.552. The molecule has 22 heavy (non-hydrogen) atoms. The molecule has 116 valence electrons. The molecule has 1 N–H and O–H groups in total. The van der Waals surface area contributed by atoms with E-state index in [4.69, 9.17) is 0 Å². The summed E-state index contributed by atoms with van der Waals surface area (Å²) in [5.41, 5.74) is 0.663. The quantitative estimate of drug-likeness (QED) is 0.657. The first-order valence-corrected chi connectivity index (χ1v) is 6.64. The van der Waals surface area contributed by atoms with Gasteiger partial charge >= 0.3 is 0 Å². The van der Waals surface area contributed by atoms with E-state index in [1.54, 1.807) is 20.0 Å². The summed E-state index contributed by atoms with van der Waals surface area (Å²) >= 11 is 0. The Labute approximate surface area is 126 Å². The van der Waals surface area contributed by atoms with Gasteiger partial charge in [-0.1, -0.05) is 18.2 Å². The number of hydrogen-bond acceptors (Lipinski definition) is 6. The number of nitro benzene ring substituents is 1. The fourth-order valence-electron chi connectivity index (χ4n) is 2.14. The molecule has 0 aliphatic carbocycles. The molecule has 1 aromatic heterocycles. The Morgan fingerprint density at radius 3 is 2.82 bits per heavy atom. The topological polar surface area (TPSA) is 118 Å². The van der Waals surface area contributed by atoms with Crippen LogP contribution in [-0.2, 0) is 0 Å². The predicted molar refractivity (Wildman–Crippen MR) is 77.4 cm³/mol. The van der Waals surface area contributed by atoms with Gasteiger partial charge in [-0.15, -0.1) is 10.2 Å². The van der Waals surface area contributed by atoms with Crippen LogP contribution >= 0.6 is 0 Å². The average molecular weight is 304 g/mol. The van der Waals surface area contributed by atoms with Gasteiger partial charge in [0.2, 0.25) is 0 Å². The third kappa shape index (κ3) is 3.25. The molecule has 0 aliphatic heterocycles.